The minimum Gasteiger partial charge on any atom is -0.483 e. The minimum atomic E-state index is -0.168. The van der Waals surface area contributed by atoms with Gasteiger partial charge in [0.15, 0.2) is 6.61 Å². The molecule has 0 saturated carbocycles. The van der Waals surface area contributed by atoms with Crippen LogP contribution in [-0.2, 0) is 4.79 Å². The third kappa shape index (κ3) is 4.71. The smallest absolute Gasteiger partial charge is 0.258 e. The first-order valence-electron chi connectivity index (χ1n) is 7.90. The molecular formula is C20H18BrNO2S. The predicted octanol–water partition coefficient (Wildman–Crippen LogP) is 5.10. The fourth-order valence-electron chi connectivity index (χ4n) is 2.49. The Balaban J connectivity index is 1.68. The van der Waals surface area contributed by atoms with E-state index in [0.29, 0.717) is 5.75 Å². The molecule has 0 aliphatic rings. The number of hydrogen-bond donors (Lipinski definition) is 1. The van der Waals surface area contributed by atoms with Crippen molar-refractivity contribution in [1.82, 2.24) is 5.32 Å². The molecule has 25 heavy (non-hydrogen) atoms. The highest BCUT2D eigenvalue weighted by Gasteiger charge is 2.18. The highest BCUT2D eigenvalue weighted by Crippen LogP contribution is 2.27. The summed E-state index contributed by atoms with van der Waals surface area (Å²) in [6, 6.07) is 19.6. The molecular weight excluding hydrogens is 398 g/mol. The number of hydrogen-bond acceptors (Lipinski definition) is 3. The van der Waals surface area contributed by atoms with Crippen LogP contribution in [0, 0.1) is 6.92 Å². The maximum absolute atomic E-state index is 12.4. The van der Waals surface area contributed by atoms with E-state index in [1.165, 1.54) is 0 Å². The van der Waals surface area contributed by atoms with Crippen LogP contribution in [0.25, 0.3) is 0 Å². The molecule has 0 spiro atoms. The molecule has 0 unspecified atom stereocenters. The van der Waals surface area contributed by atoms with Crippen LogP contribution in [0.3, 0.4) is 0 Å². The summed E-state index contributed by atoms with van der Waals surface area (Å²) in [7, 11) is 0. The molecule has 0 aliphatic carbocycles. The van der Waals surface area contributed by atoms with Gasteiger partial charge in [-0.3, -0.25) is 4.79 Å². The van der Waals surface area contributed by atoms with Gasteiger partial charge in [-0.25, -0.2) is 0 Å². The second-order valence-corrected chi connectivity index (χ2v) is 7.48. The average molecular weight is 416 g/mol. The summed E-state index contributed by atoms with van der Waals surface area (Å²) in [5.74, 6) is 0.503. The van der Waals surface area contributed by atoms with Gasteiger partial charge in [-0.15, -0.1) is 11.3 Å². The number of nitrogens with one attached hydrogen (secondary N) is 1. The fourth-order valence-corrected chi connectivity index (χ4v) is 3.90. The summed E-state index contributed by atoms with van der Waals surface area (Å²) in [6.45, 7) is 1.98. The van der Waals surface area contributed by atoms with Gasteiger partial charge in [0.2, 0.25) is 0 Å². The SMILES string of the molecule is Cc1ccc(OCC(=O)N[C@@H](c2ccccc2)c2cccs2)c(Br)c1. The van der Waals surface area contributed by atoms with E-state index in [9.17, 15) is 4.79 Å². The second kappa shape index (κ2) is 8.32. The Hall–Kier alpha value is -2.11. The topological polar surface area (TPSA) is 38.3 Å². The van der Waals surface area contributed by atoms with Crippen LogP contribution >= 0.6 is 27.3 Å². The van der Waals surface area contributed by atoms with Crippen molar-refractivity contribution in [2.24, 2.45) is 0 Å². The summed E-state index contributed by atoms with van der Waals surface area (Å²) in [4.78, 5) is 13.5. The fraction of sp³-hybridized carbons (Fsp3) is 0.150. The molecule has 0 fully saturated rings. The van der Waals surface area contributed by atoms with Crippen LogP contribution in [0.15, 0.2) is 70.5 Å². The molecule has 0 saturated heterocycles. The Kier molecular flexibility index (Phi) is 5.89. The van der Waals surface area contributed by atoms with Gasteiger partial charge in [-0.1, -0.05) is 42.5 Å². The van der Waals surface area contributed by atoms with Crippen LogP contribution < -0.4 is 10.1 Å². The van der Waals surface area contributed by atoms with Crippen LogP contribution in [0.5, 0.6) is 5.75 Å². The quantitative estimate of drug-likeness (QED) is 0.607. The largest absolute Gasteiger partial charge is 0.483 e. The van der Waals surface area contributed by atoms with Crippen molar-refractivity contribution in [2.45, 2.75) is 13.0 Å². The van der Waals surface area contributed by atoms with Gasteiger partial charge in [0.25, 0.3) is 5.91 Å². The lowest BCUT2D eigenvalue weighted by molar-refractivity contribution is -0.123. The van der Waals surface area contributed by atoms with Crippen LogP contribution in [0.2, 0.25) is 0 Å². The molecule has 1 N–H and O–H groups in total. The van der Waals surface area contributed by atoms with E-state index < -0.39 is 0 Å². The Bertz CT molecular complexity index is 834. The Labute approximate surface area is 159 Å². The van der Waals surface area contributed by atoms with E-state index >= 15 is 0 Å². The standard InChI is InChI=1S/C20H18BrNO2S/c1-14-9-10-17(16(21)12-14)24-13-19(23)22-20(18-8-5-11-25-18)15-6-3-2-4-7-15/h2-12,20H,13H2,1H3,(H,22,23)/t20-/m0/s1. The monoisotopic (exact) mass is 415 g/mol. The summed E-state index contributed by atoms with van der Waals surface area (Å²) in [5, 5.41) is 5.08. The third-order valence-corrected chi connectivity index (χ3v) is 5.27. The second-order valence-electron chi connectivity index (χ2n) is 5.65. The molecule has 3 rings (SSSR count). The zero-order valence-electron chi connectivity index (χ0n) is 13.7. The van der Waals surface area contributed by atoms with Gasteiger partial charge in [-0.2, -0.15) is 0 Å². The maximum atomic E-state index is 12.4. The highest BCUT2D eigenvalue weighted by atomic mass is 79.9. The van der Waals surface area contributed by atoms with Crippen LogP contribution in [0.1, 0.15) is 22.0 Å². The molecule has 1 heterocycles. The van der Waals surface area contributed by atoms with Crippen LogP contribution in [0.4, 0.5) is 0 Å². The lowest BCUT2D eigenvalue weighted by atomic mass is 10.1. The summed E-state index contributed by atoms with van der Waals surface area (Å²) < 4.78 is 6.50. The number of carbonyl (C=O) groups excluding carboxylic acids is 1. The van der Waals surface area contributed by atoms with E-state index in [0.717, 1.165) is 20.5 Å². The molecule has 3 aromatic rings. The predicted molar refractivity (Wildman–Crippen MR) is 105 cm³/mol. The van der Waals surface area contributed by atoms with Gasteiger partial charge in [0, 0.05) is 4.88 Å². The number of benzene rings is 2. The van der Waals surface area contributed by atoms with E-state index in [2.05, 4.69) is 21.2 Å². The van der Waals surface area contributed by atoms with Gasteiger partial charge in [0.1, 0.15) is 5.75 Å². The first-order valence-corrected chi connectivity index (χ1v) is 9.57. The molecule has 0 radical (unpaired) electrons. The number of ether oxygens (including phenoxy) is 1. The summed E-state index contributed by atoms with van der Waals surface area (Å²) >= 11 is 5.08. The highest BCUT2D eigenvalue weighted by molar-refractivity contribution is 9.10. The van der Waals surface area contributed by atoms with E-state index in [1.54, 1.807) is 11.3 Å². The van der Waals surface area contributed by atoms with Crippen molar-refractivity contribution in [3.05, 3.63) is 86.5 Å². The first-order chi connectivity index (χ1) is 12.1. The third-order valence-electron chi connectivity index (χ3n) is 3.71. The zero-order chi connectivity index (χ0) is 17.6. The van der Waals surface area contributed by atoms with Crippen molar-refractivity contribution in [3.63, 3.8) is 0 Å². The number of halogens is 1. The molecule has 0 aliphatic heterocycles. The lowest BCUT2D eigenvalue weighted by Crippen LogP contribution is -2.32. The van der Waals surface area contributed by atoms with Crippen molar-refractivity contribution >= 4 is 33.2 Å². The van der Waals surface area contributed by atoms with Crippen molar-refractivity contribution < 1.29 is 9.53 Å². The molecule has 128 valence electrons. The van der Waals surface area contributed by atoms with Crippen molar-refractivity contribution in [3.8, 4) is 5.75 Å². The number of aryl methyl sites for hydroxylation is 1. The number of amides is 1. The van der Waals surface area contributed by atoms with E-state index in [-0.39, 0.29) is 18.6 Å². The first kappa shape index (κ1) is 17.7. The lowest BCUT2D eigenvalue weighted by Gasteiger charge is -2.18. The molecule has 1 aromatic heterocycles. The maximum Gasteiger partial charge on any atom is 0.258 e. The van der Waals surface area contributed by atoms with Gasteiger partial charge >= 0.3 is 0 Å². The number of rotatable bonds is 6. The minimum absolute atomic E-state index is 0.0314. The number of carbonyl (C=O) groups is 1. The Morgan fingerprint density at radius 1 is 1.16 bits per heavy atom. The summed E-state index contributed by atoms with van der Waals surface area (Å²) in [6.07, 6.45) is 0. The van der Waals surface area contributed by atoms with Crippen molar-refractivity contribution in [2.75, 3.05) is 6.61 Å². The molecule has 5 heteroatoms. The Morgan fingerprint density at radius 3 is 2.64 bits per heavy atom. The molecule has 3 nitrogen and oxygen atoms in total. The van der Waals surface area contributed by atoms with E-state index in [4.69, 9.17) is 4.74 Å². The molecule has 1 atom stereocenters. The summed E-state index contributed by atoms with van der Waals surface area (Å²) in [5.41, 5.74) is 2.18. The van der Waals surface area contributed by atoms with E-state index in [1.807, 2.05) is 73.0 Å². The molecule has 2 aromatic carbocycles. The van der Waals surface area contributed by atoms with Gasteiger partial charge in [0.05, 0.1) is 10.5 Å². The zero-order valence-corrected chi connectivity index (χ0v) is 16.1. The van der Waals surface area contributed by atoms with Crippen LogP contribution in [-0.4, -0.2) is 12.5 Å². The average Bonchev–Trinajstić information content (AvgIpc) is 3.14. The molecule has 0 bridgehead atoms. The van der Waals surface area contributed by atoms with Gasteiger partial charge in [-0.05, 0) is 57.6 Å². The van der Waals surface area contributed by atoms with Gasteiger partial charge < -0.3 is 10.1 Å². The number of thiophene rings is 1. The Morgan fingerprint density at radius 2 is 1.96 bits per heavy atom. The van der Waals surface area contributed by atoms with Crippen molar-refractivity contribution in [1.29, 1.82) is 0 Å². The molecule has 1 amide bonds. The normalized spacial score (nSPS) is 11.8.